The number of halogens is 2. The number of aliphatic hydroxyl groups is 1. The lowest BCUT2D eigenvalue weighted by molar-refractivity contribution is 0.181. The summed E-state index contributed by atoms with van der Waals surface area (Å²) in [7, 11) is 0. The molecule has 1 aliphatic rings. The van der Waals surface area contributed by atoms with Gasteiger partial charge >= 0.3 is 0 Å². The predicted molar refractivity (Wildman–Crippen MR) is 96.0 cm³/mol. The molecular weight excluding hydrogens is 331 g/mol. The lowest BCUT2D eigenvalue weighted by Crippen LogP contribution is -2.44. The molecule has 1 heterocycles. The van der Waals surface area contributed by atoms with Gasteiger partial charge in [0.1, 0.15) is 0 Å². The normalized spacial score (nSPS) is 16.3. The molecule has 0 aromatic heterocycles. The Balaban J connectivity index is 1.81. The van der Waals surface area contributed by atoms with Crippen LogP contribution in [0.2, 0.25) is 10.0 Å². The number of benzene rings is 2. The van der Waals surface area contributed by atoms with Crippen molar-refractivity contribution in [1.82, 2.24) is 4.90 Å². The van der Waals surface area contributed by atoms with Crippen LogP contribution < -0.4 is 4.90 Å². The Morgan fingerprint density at radius 3 is 2.48 bits per heavy atom. The Bertz CT molecular complexity index is 673. The second-order valence-electron chi connectivity index (χ2n) is 6.10. The van der Waals surface area contributed by atoms with Crippen molar-refractivity contribution in [3.05, 3.63) is 63.6 Å². The number of β-amino-alcohol motifs (C(OH)–C–C–N with tert-alkyl or cyclic N) is 1. The summed E-state index contributed by atoms with van der Waals surface area (Å²) in [5.41, 5.74) is 3.57. The van der Waals surface area contributed by atoms with E-state index in [0.717, 1.165) is 35.5 Å². The first-order valence-electron chi connectivity index (χ1n) is 7.69. The third-order valence-electron chi connectivity index (χ3n) is 3.96. The van der Waals surface area contributed by atoms with Gasteiger partial charge < -0.3 is 10.0 Å². The van der Waals surface area contributed by atoms with E-state index in [2.05, 4.69) is 28.0 Å². The summed E-state index contributed by atoms with van der Waals surface area (Å²) in [4.78, 5) is 4.53. The van der Waals surface area contributed by atoms with Crippen molar-refractivity contribution in [2.24, 2.45) is 0 Å². The van der Waals surface area contributed by atoms with E-state index in [0.29, 0.717) is 6.54 Å². The summed E-state index contributed by atoms with van der Waals surface area (Å²) in [6.07, 6.45) is -0.391. The van der Waals surface area contributed by atoms with Crippen molar-refractivity contribution in [2.75, 3.05) is 18.1 Å². The van der Waals surface area contributed by atoms with E-state index in [1.165, 1.54) is 11.1 Å². The van der Waals surface area contributed by atoms with Crippen molar-refractivity contribution in [3.63, 3.8) is 0 Å². The Hall–Kier alpha value is -1.26. The first kappa shape index (κ1) is 16.6. The Labute approximate surface area is 147 Å². The lowest BCUT2D eigenvalue weighted by Gasteiger charge is -2.39. The van der Waals surface area contributed by atoms with Crippen LogP contribution in [0.3, 0.4) is 0 Å². The SMILES string of the molecule is CC(O)CN1CN(Cc2ccc(Cl)cc2)Cc2ccc(Cl)cc21. The van der Waals surface area contributed by atoms with Gasteiger partial charge in [0.2, 0.25) is 0 Å². The van der Waals surface area contributed by atoms with Gasteiger partial charge in [-0.2, -0.15) is 0 Å². The van der Waals surface area contributed by atoms with Crippen molar-refractivity contribution in [1.29, 1.82) is 0 Å². The van der Waals surface area contributed by atoms with E-state index < -0.39 is 6.10 Å². The summed E-state index contributed by atoms with van der Waals surface area (Å²) in [5, 5.41) is 11.3. The number of rotatable bonds is 4. The summed E-state index contributed by atoms with van der Waals surface area (Å²) >= 11 is 12.1. The molecule has 0 saturated carbocycles. The van der Waals surface area contributed by atoms with Gasteiger partial charge in [-0.25, -0.2) is 0 Å². The highest BCUT2D eigenvalue weighted by molar-refractivity contribution is 6.31. The standard InChI is InChI=1S/C18H20Cl2N2O/c1-13(23)9-22-12-21(10-14-2-5-16(19)6-3-14)11-15-4-7-17(20)8-18(15)22/h2-8,13,23H,9-12H2,1H3. The third kappa shape index (κ3) is 4.18. The number of anilines is 1. The van der Waals surface area contributed by atoms with Gasteiger partial charge in [0.25, 0.3) is 0 Å². The Kier molecular flexibility index (Phi) is 5.12. The molecule has 0 amide bonds. The molecule has 0 spiro atoms. The number of aliphatic hydroxyl groups excluding tert-OH is 1. The average Bonchev–Trinajstić information content (AvgIpc) is 2.50. The molecule has 23 heavy (non-hydrogen) atoms. The second-order valence-corrected chi connectivity index (χ2v) is 6.97. The Morgan fingerprint density at radius 1 is 1.09 bits per heavy atom. The third-order valence-corrected chi connectivity index (χ3v) is 4.44. The van der Waals surface area contributed by atoms with Crippen LogP contribution in [0.5, 0.6) is 0 Å². The molecular formula is C18H20Cl2N2O. The minimum absolute atomic E-state index is 0.391. The smallest absolute Gasteiger partial charge is 0.0714 e. The molecule has 0 radical (unpaired) electrons. The molecule has 1 N–H and O–H groups in total. The van der Waals surface area contributed by atoms with E-state index in [1.54, 1.807) is 0 Å². The second kappa shape index (κ2) is 7.10. The molecule has 0 aliphatic carbocycles. The summed E-state index contributed by atoms with van der Waals surface area (Å²) in [6.45, 7) is 4.87. The quantitative estimate of drug-likeness (QED) is 0.896. The minimum atomic E-state index is -0.391. The molecule has 3 nitrogen and oxygen atoms in total. The highest BCUT2D eigenvalue weighted by Crippen LogP contribution is 2.31. The number of nitrogens with zero attached hydrogens (tertiary/aromatic N) is 2. The van der Waals surface area contributed by atoms with E-state index in [4.69, 9.17) is 23.2 Å². The molecule has 1 aliphatic heterocycles. The topological polar surface area (TPSA) is 26.7 Å². The van der Waals surface area contributed by atoms with Gasteiger partial charge in [0.05, 0.1) is 12.8 Å². The zero-order valence-corrected chi connectivity index (χ0v) is 14.6. The number of hydrogen-bond acceptors (Lipinski definition) is 3. The fourth-order valence-corrected chi connectivity index (χ4v) is 3.29. The lowest BCUT2D eigenvalue weighted by atomic mass is 10.1. The molecule has 1 atom stereocenters. The van der Waals surface area contributed by atoms with Gasteiger partial charge in [-0.15, -0.1) is 0 Å². The molecule has 0 saturated heterocycles. The van der Waals surface area contributed by atoms with E-state index in [-0.39, 0.29) is 0 Å². The van der Waals surface area contributed by atoms with Crippen LogP contribution in [0.1, 0.15) is 18.1 Å². The van der Waals surface area contributed by atoms with Crippen molar-refractivity contribution >= 4 is 28.9 Å². The molecule has 5 heteroatoms. The van der Waals surface area contributed by atoms with Gasteiger partial charge in [0.15, 0.2) is 0 Å². The minimum Gasteiger partial charge on any atom is -0.392 e. The molecule has 2 aromatic rings. The first-order valence-corrected chi connectivity index (χ1v) is 8.45. The van der Waals surface area contributed by atoms with E-state index >= 15 is 0 Å². The maximum atomic E-state index is 9.80. The molecule has 2 aromatic carbocycles. The number of hydrogen-bond donors (Lipinski definition) is 1. The highest BCUT2D eigenvalue weighted by Gasteiger charge is 2.23. The van der Waals surface area contributed by atoms with Crippen LogP contribution in [-0.2, 0) is 13.1 Å². The molecule has 0 bridgehead atoms. The monoisotopic (exact) mass is 350 g/mol. The largest absolute Gasteiger partial charge is 0.392 e. The van der Waals surface area contributed by atoms with Crippen LogP contribution in [-0.4, -0.2) is 29.3 Å². The van der Waals surface area contributed by atoms with E-state index in [9.17, 15) is 5.11 Å². The molecule has 1 unspecified atom stereocenters. The summed E-state index contributed by atoms with van der Waals surface area (Å²) in [5.74, 6) is 0. The van der Waals surface area contributed by atoms with Crippen molar-refractivity contribution in [3.8, 4) is 0 Å². The van der Waals surface area contributed by atoms with Gasteiger partial charge in [-0.1, -0.05) is 41.4 Å². The van der Waals surface area contributed by atoms with Crippen LogP contribution in [0, 0.1) is 0 Å². The zero-order valence-electron chi connectivity index (χ0n) is 13.0. The molecule has 122 valence electrons. The average molecular weight is 351 g/mol. The van der Waals surface area contributed by atoms with E-state index in [1.807, 2.05) is 31.2 Å². The fraction of sp³-hybridized carbons (Fsp3) is 0.333. The van der Waals surface area contributed by atoms with Gasteiger partial charge in [-0.05, 0) is 42.3 Å². The van der Waals surface area contributed by atoms with Crippen molar-refractivity contribution < 1.29 is 5.11 Å². The maximum absolute atomic E-state index is 9.80. The Morgan fingerprint density at radius 2 is 1.78 bits per heavy atom. The van der Waals surface area contributed by atoms with Gasteiger partial charge in [-0.3, -0.25) is 4.90 Å². The molecule has 3 rings (SSSR count). The number of fused-ring (bicyclic) bond motifs is 1. The van der Waals surface area contributed by atoms with Crippen LogP contribution in [0.4, 0.5) is 5.69 Å². The first-order chi connectivity index (χ1) is 11.0. The maximum Gasteiger partial charge on any atom is 0.0714 e. The summed E-state index contributed by atoms with van der Waals surface area (Å²) in [6, 6.07) is 13.9. The molecule has 0 fully saturated rings. The zero-order chi connectivity index (χ0) is 16.4. The summed E-state index contributed by atoms with van der Waals surface area (Å²) < 4.78 is 0. The fourth-order valence-electron chi connectivity index (χ4n) is 3.00. The van der Waals surface area contributed by atoms with Crippen LogP contribution in [0.15, 0.2) is 42.5 Å². The predicted octanol–water partition coefficient (Wildman–Crippen LogP) is 4.15. The highest BCUT2D eigenvalue weighted by atomic mass is 35.5. The van der Waals surface area contributed by atoms with Gasteiger partial charge in [0, 0.05) is 35.4 Å². The van der Waals surface area contributed by atoms with Crippen LogP contribution >= 0.6 is 23.2 Å². The van der Waals surface area contributed by atoms with Crippen LogP contribution in [0.25, 0.3) is 0 Å². The van der Waals surface area contributed by atoms with Crippen molar-refractivity contribution in [2.45, 2.75) is 26.1 Å².